The van der Waals surface area contributed by atoms with Gasteiger partial charge >= 0.3 is 0 Å². The fourth-order valence-electron chi connectivity index (χ4n) is 5.91. The van der Waals surface area contributed by atoms with Crippen molar-refractivity contribution in [3.8, 4) is 5.75 Å². The topological polar surface area (TPSA) is 115 Å². The Morgan fingerprint density at radius 2 is 2.03 bits per heavy atom. The van der Waals surface area contributed by atoms with Gasteiger partial charge in [0.25, 0.3) is 5.91 Å². The van der Waals surface area contributed by atoms with Crippen molar-refractivity contribution < 1.29 is 19.1 Å². The lowest BCUT2D eigenvalue weighted by molar-refractivity contribution is -0.120. The van der Waals surface area contributed by atoms with Crippen molar-refractivity contribution >= 4 is 23.8 Å². The third kappa shape index (κ3) is 6.50. The van der Waals surface area contributed by atoms with Crippen molar-refractivity contribution in [2.45, 2.75) is 70.1 Å². The van der Waals surface area contributed by atoms with Crippen molar-refractivity contribution in [2.24, 2.45) is 16.6 Å². The maximum atomic E-state index is 13.4. The van der Waals surface area contributed by atoms with Crippen molar-refractivity contribution in [1.29, 1.82) is 0 Å². The fourth-order valence-corrected chi connectivity index (χ4v) is 5.91. The van der Waals surface area contributed by atoms with Crippen LogP contribution < -0.4 is 21.1 Å². The van der Waals surface area contributed by atoms with Gasteiger partial charge in [0, 0.05) is 37.7 Å². The molecule has 0 saturated carbocycles. The van der Waals surface area contributed by atoms with Gasteiger partial charge in [-0.15, -0.1) is 0 Å². The molecule has 0 fully saturated rings. The van der Waals surface area contributed by atoms with Crippen molar-refractivity contribution in [1.82, 2.24) is 10.6 Å². The number of methoxy groups -OCH3 is 1. The smallest absolute Gasteiger partial charge is 0.251 e. The predicted octanol–water partition coefficient (Wildman–Crippen LogP) is 4.08. The summed E-state index contributed by atoms with van der Waals surface area (Å²) in [7, 11) is 1.74. The summed E-state index contributed by atoms with van der Waals surface area (Å²) < 4.78 is 11.6. The van der Waals surface area contributed by atoms with Gasteiger partial charge in [-0.2, -0.15) is 0 Å². The number of allylic oxidation sites excluding steroid dienone is 1. The van der Waals surface area contributed by atoms with Gasteiger partial charge in [0.15, 0.2) is 5.96 Å². The first-order valence-corrected chi connectivity index (χ1v) is 13.7. The lowest BCUT2D eigenvalue weighted by Gasteiger charge is -2.38. The highest BCUT2D eigenvalue weighted by Crippen LogP contribution is 2.40. The van der Waals surface area contributed by atoms with Crippen molar-refractivity contribution in [2.75, 3.05) is 13.7 Å². The van der Waals surface area contributed by atoms with Crippen LogP contribution in [0, 0.1) is 5.92 Å². The molecule has 0 saturated heterocycles. The van der Waals surface area contributed by atoms with Crippen LogP contribution in [0.3, 0.4) is 0 Å². The third-order valence-corrected chi connectivity index (χ3v) is 7.67. The Morgan fingerprint density at radius 1 is 1.21 bits per heavy atom. The highest BCUT2D eigenvalue weighted by Gasteiger charge is 2.35. The van der Waals surface area contributed by atoms with E-state index < -0.39 is 5.60 Å². The van der Waals surface area contributed by atoms with Gasteiger partial charge in [-0.25, -0.2) is 4.99 Å². The molecule has 0 radical (unpaired) electrons. The Labute approximate surface area is 230 Å². The lowest BCUT2D eigenvalue weighted by Crippen LogP contribution is -2.43. The van der Waals surface area contributed by atoms with E-state index in [1.807, 2.05) is 24.3 Å². The molecule has 5 rings (SSSR count). The first-order valence-electron chi connectivity index (χ1n) is 13.7. The summed E-state index contributed by atoms with van der Waals surface area (Å²) in [5.41, 5.74) is 10.5. The molecule has 2 aromatic carbocycles. The van der Waals surface area contributed by atoms with Crippen LogP contribution in [0.4, 0.5) is 0 Å². The molecular weight excluding hydrogens is 492 g/mol. The number of nitrogens with two attached hydrogens (primary N) is 1. The number of hydrogen-bond acceptors (Lipinski definition) is 6. The first kappa shape index (κ1) is 26.9. The molecule has 3 unspecified atom stereocenters. The molecule has 8 nitrogen and oxygen atoms in total. The number of ether oxygens (including phenoxy) is 2. The van der Waals surface area contributed by atoms with E-state index in [4.69, 9.17) is 15.2 Å². The molecule has 206 valence electrons. The minimum absolute atomic E-state index is 0.0704. The summed E-state index contributed by atoms with van der Waals surface area (Å²) in [6, 6.07) is 11.9. The predicted molar refractivity (Wildman–Crippen MR) is 152 cm³/mol. The number of carbonyl (C=O) groups excluding carboxylic acids is 2. The lowest BCUT2D eigenvalue weighted by atomic mass is 9.88. The first-order chi connectivity index (χ1) is 18.7. The Balaban J connectivity index is 1.27. The highest BCUT2D eigenvalue weighted by atomic mass is 16.5. The number of carbonyl (C=O) groups is 2. The van der Waals surface area contributed by atoms with E-state index in [1.54, 1.807) is 7.11 Å². The van der Waals surface area contributed by atoms with Crippen molar-refractivity contribution in [3.05, 3.63) is 70.3 Å². The zero-order valence-electron chi connectivity index (χ0n) is 23.0. The highest BCUT2D eigenvalue weighted by molar-refractivity contribution is 5.98. The van der Waals surface area contributed by atoms with E-state index in [0.717, 1.165) is 49.2 Å². The van der Waals surface area contributed by atoms with E-state index >= 15 is 0 Å². The number of nitrogens with zero attached hydrogens (tertiary/aromatic N) is 1. The van der Waals surface area contributed by atoms with E-state index in [-0.39, 0.29) is 29.9 Å². The fraction of sp³-hybridized carbons (Fsp3) is 0.452. The molecule has 0 bridgehead atoms. The largest absolute Gasteiger partial charge is 0.487 e. The van der Waals surface area contributed by atoms with Crippen LogP contribution in [0.25, 0.3) is 6.08 Å². The van der Waals surface area contributed by atoms with Gasteiger partial charge in [-0.3, -0.25) is 14.9 Å². The SMILES string of the molecule is COCC1Cc2ccc(C(=O)NC3CC(C)(C)Oc4ccc(/C=C\CCC5CC(=O)NC(N)=N5)cc43)cc2C1. The summed E-state index contributed by atoms with van der Waals surface area (Å²) in [5, 5.41) is 5.82. The van der Waals surface area contributed by atoms with Gasteiger partial charge in [-0.05, 0) is 86.4 Å². The summed E-state index contributed by atoms with van der Waals surface area (Å²) in [4.78, 5) is 29.4. The third-order valence-electron chi connectivity index (χ3n) is 7.67. The average Bonchev–Trinajstić information content (AvgIpc) is 3.27. The molecule has 2 aromatic rings. The van der Waals surface area contributed by atoms with Gasteiger partial charge in [0.1, 0.15) is 11.4 Å². The van der Waals surface area contributed by atoms with Gasteiger partial charge in [0.05, 0.1) is 12.1 Å². The van der Waals surface area contributed by atoms with Crippen LogP contribution in [0.5, 0.6) is 5.75 Å². The quantitative estimate of drug-likeness (QED) is 0.476. The molecule has 3 atom stereocenters. The Morgan fingerprint density at radius 3 is 2.82 bits per heavy atom. The molecule has 2 heterocycles. The molecule has 2 amide bonds. The second-order valence-corrected chi connectivity index (χ2v) is 11.5. The second-order valence-electron chi connectivity index (χ2n) is 11.5. The average molecular weight is 531 g/mol. The molecule has 8 heteroatoms. The minimum Gasteiger partial charge on any atom is -0.487 e. The number of rotatable bonds is 8. The van der Waals surface area contributed by atoms with Gasteiger partial charge in [0.2, 0.25) is 5.91 Å². The molecule has 3 aliphatic rings. The number of hydrogen-bond donors (Lipinski definition) is 3. The van der Waals surface area contributed by atoms with Crippen LogP contribution in [-0.4, -0.2) is 43.1 Å². The van der Waals surface area contributed by atoms with Crippen LogP contribution in [0.15, 0.2) is 47.5 Å². The number of amides is 2. The molecule has 39 heavy (non-hydrogen) atoms. The number of benzene rings is 2. The number of nitrogens with one attached hydrogen (secondary N) is 2. The molecular formula is C31H38N4O4. The van der Waals surface area contributed by atoms with Gasteiger partial charge in [-0.1, -0.05) is 24.3 Å². The van der Waals surface area contributed by atoms with Crippen molar-refractivity contribution in [3.63, 3.8) is 0 Å². The Kier molecular flexibility index (Phi) is 7.75. The summed E-state index contributed by atoms with van der Waals surface area (Å²) >= 11 is 0. The van der Waals surface area contributed by atoms with E-state index in [9.17, 15) is 9.59 Å². The van der Waals surface area contributed by atoms with E-state index in [0.29, 0.717) is 24.3 Å². The standard InChI is InChI=1S/C31H38N4O4/c1-31(2)17-26(34-29(37)22-10-9-21-12-20(18-38-3)13-23(21)15-22)25-14-19(8-11-27(25)39-31)6-4-5-7-24-16-28(36)35-30(32)33-24/h4,6,8-11,14-15,20,24,26H,5,7,12-13,16-18H2,1-3H3,(H,34,37)(H3,32,33,35,36)/b6-4-. The summed E-state index contributed by atoms with van der Waals surface area (Å²) in [5.74, 6) is 1.31. The van der Waals surface area contributed by atoms with Gasteiger partial charge < -0.3 is 20.5 Å². The molecule has 1 aliphatic carbocycles. The summed E-state index contributed by atoms with van der Waals surface area (Å²) in [6.07, 6.45) is 8.65. The normalized spacial score (nSPS) is 23.4. The second kappa shape index (κ2) is 11.2. The summed E-state index contributed by atoms with van der Waals surface area (Å²) in [6.45, 7) is 4.84. The Hall–Kier alpha value is -3.65. The maximum absolute atomic E-state index is 13.4. The van der Waals surface area contributed by atoms with Crippen LogP contribution >= 0.6 is 0 Å². The molecule has 0 spiro atoms. The van der Waals surface area contributed by atoms with E-state index in [2.05, 4.69) is 53.8 Å². The monoisotopic (exact) mass is 530 g/mol. The number of fused-ring (bicyclic) bond motifs is 2. The van der Waals surface area contributed by atoms with Crippen LogP contribution in [-0.2, 0) is 22.4 Å². The molecule has 0 aromatic heterocycles. The zero-order chi connectivity index (χ0) is 27.6. The minimum atomic E-state index is -0.401. The van der Waals surface area contributed by atoms with Crippen LogP contribution in [0.1, 0.15) is 78.2 Å². The van der Waals surface area contributed by atoms with Crippen LogP contribution in [0.2, 0.25) is 0 Å². The number of aliphatic imine (C=N–C) groups is 1. The Bertz CT molecular complexity index is 1320. The van der Waals surface area contributed by atoms with E-state index in [1.165, 1.54) is 11.1 Å². The molecule has 4 N–H and O–H groups in total. The zero-order valence-corrected chi connectivity index (χ0v) is 23.0. The number of guanidine groups is 1. The molecule has 2 aliphatic heterocycles. The maximum Gasteiger partial charge on any atom is 0.251 e.